The zero-order valence-electron chi connectivity index (χ0n) is 11.7. The highest BCUT2D eigenvalue weighted by Gasteiger charge is 2.30. The van der Waals surface area contributed by atoms with E-state index in [-0.39, 0.29) is 17.4 Å². The SMILES string of the molecule is CC#CCN(CCN1C(=O)CCC1=O)C(C)(C)C. The average molecular weight is 250 g/mol. The highest BCUT2D eigenvalue weighted by Crippen LogP contribution is 2.15. The Kier molecular flexibility index (Phi) is 4.92. The normalized spacial score (nSPS) is 16.2. The lowest BCUT2D eigenvalue weighted by atomic mass is 10.1. The molecule has 0 N–H and O–H groups in total. The molecule has 0 aromatic rings. The molecule has 2 amide bonds. The lowest BCUT2D eigenvalue weighted by Gasteiger charge is -2.35. The maximum absolute atomic E-state index is 11.5. The molecular formula is C14H22N2O2. The summed E-state index contributed by atoms with van der Waals surface area (Å²) in [6.07, 6.45) is 0.728. The third-order valence-corrected chi connectivity index (χ3v) is 3.14. The molecule has 0 atom stereocenters. The molecule has 1 aliphatic rings. The fourth-order valence-electron chi connectivity index (χ4n) is 1.92. The van der Waals surface area contributed by atoms with Gasteiger partial charge < -0.3 is 0 Å². The van der Waals surface area contributed by atoms with Crippen LogP contribution >= 0.6 is 0 Å². The molecular weight excluding hydrogens is 228 g/mol. The maximum atomic E-state index is 11.5. The van der Waals surface area contributed by atoms with Gasteiger partial charge in [0.05, 0.1) is 6.54 Å². The summed E-state index contributed by atoms with van der Waals surface area (Å²) in [7, 11) is 0. The summed E-state index contributed by atoms with van der Waals surface area (Å²) in [6, 6.07) is 0. The van der Waals surface area contributed by atoms with Crippen LogP contribution in [0.15, 0.2) is 0 Å². The summed E-state index contributed by atoms with van der Waals surface area (Å²) < 4.78 is 0. The monoisotopic (exact) mass is 250 g/mol. The molecule has 4 heteroatoms. The maximum Gasteiger partial charge on any atom is 0.229 e. The molecule has 1 rings (SSSR count). The van der Waals surface area contributed by atoms with E-state index >= 15 is 0 Å². The van der Waals surface area contributed by atoms with Gasteiger partial charge in [-0.2, -0.15) is 0 Å². The topological polar surface area (TPSA) is 40.6 Å². The van der Waals surface area contributed by atoms with Gasteiger partial charge in [0.15, 0.2) is 0 Å². The first-order valence-corrected chi connectivity index (χ1v) is 6.34. The summed E-state index contributed by atoms with van der Waals surface area (Å²) in [6.45, 7) is 9.95. The van der Waals surface area contributed by atoms with Crippen LogP contribution in [0, 0.1) is 11.8 Å². The Balaban J connectivity index is 2.58. The van der Waals surface area contributed by atoms with E-state index in [0.29, 0.717) is 32.5 Å². The van der Waals surface area contributed by atoms with Crippen LogP contribution in [0.1, 0.15) is 40.5 Å². The molecule has 1 saturated heterocycles. The zero-order chi connectivity index (χ0) is 13.8. The van der Waals surface area contributed by atoms with Gasteiger partial charge in [0.1, 0.15) is 0 Å². The molecule has 0 radical (unpaired) electrons. The van der Waals surface area contributed by atoms with Crippen LogP contribution in [0.25, 0.3) is 0 Å². The first kappa shape index (κ1) is 14.7. The van der Waals surface area contributed by atoms with Crippen LogP contribution in [-0.4, -0.2) is 46.8 Å². The molecule has 0 saturated carbocycles. The first-order valence-electron chi connectivity index (χ1n) is 6.34. The summed E-state index contributed by atoms with van der Waals surface area (Å²) in [4.78, 5) is 26.6. The van der Waals surface area contributed by atoms with Crippen molar-refractivity contribution in [3.05, 3.63) is 0 Å². The first-order chi connectivity index (χ1) is 8.36. The Morgan fingerprint density at radius 2 is 1.78 bits per heavy atom. The third kappa shape index (κ3) is 3.85. The van der Waals surface area contributed by atoms with Crippen molar-refractivity contribution >= 4 is 11.8 Å². The highest BCUT2D eigenvalue weighted by atomic mass is 16.2. The number of carbonyl (C=O) groups excluding carboxylic acids is 2. The highest BCUT2D eigenvalue weighted by molar-refractivity contribution is 6.01. The number of rotatable bonds is 4. The molecule has 0 aromatic heterocycles. The molecule has 1 fully saturated rings. The summed E-state index contributed by atoms with van der Waals surface area (Å²) >= 11 is 0. The van der Waals surface area contributed by atoms with Crippen LogP contribution in [0.4, 0.5) is 0 Å². The second-order valence-corrected chi connectivity index (χ2v) is 5.46. The Morgan fingerprint density at radius 1 is 1.22 bits per heavy atom. The number of nitrogens with zero attached hydrogens (tertiary/aromatic N) is 2. The standard InChI is InChI=1S/C14H22N2O2/c1-5-6-9-15(14(2,3)4)10-11-16-12(17)7-8-13(16)18/h7-11H2,1-4H3. The molecule has 1 aliphatic heterocycles. The van der Waals surface area contributed by atoms with Crippen molar-refractivity contribution in [2.24, 2.45) is 0 Å². The number of hydrogen-bond acceptors (Lipinski definition) is 3. The lowest BCUT2D eigenvalue weighted by molar-refractivity contribution is -0.138. The summed E-state index contributed by atoms with van der Waals surface area (Å²) in [5, 5.41) is 0. The summed E-state index contributed by atoms with van der Waals surface area (Å²) in [5.74, 6) is 5.83. The second-order valence-electron chi connectivity index (χ2n) is 5.46. The zero-order valence-corrected chi connectivity index (χ0v) is 11.7. The molecule has 4 nitrogen and oxygen atoms in total. The van der Waals surface area contributed by atoms with E-state index in [2.05, 4.69) is 37.5 Å². The van der Waals surface area contributed by atoms with E-state index in [1.807, 2.05) is 6.92 Å². The molecule has 0 bridgehead atoms. The van der Waals surface area contributed by atoms with Gasteiger partial charge in [0.25, 0.3) is 0 Å². The Hall–Kier alpha value is -1.34. The minimum absolute atomic E-state index is 0.0182. The van der Waals surface area contributed by atoms with E-state index in [1.54, 1.807) is 0 Å². The third-order valence-electron chi connectivity index (χ3n) is 3.14. The van der Waals surface area contributed by atoms with E-state index in [9.17, 15) is 9.59 Å². The van der Waals surface area contributed by atoms with Crippen LogP contribution in [0.3, 0.4) is 0 Å². The van der Waals surface area contributed by atoms with Crippen molar-refractivity contribution in [2.45, 2.75) is 46.1 Å². The van der Waals surface area contributed by atoms with Gasteiger partial charge in [0, 0.05) is 31.5 Å². The molecule has 0 unspecified atom stereocenters. The van der Waals surface area contributed by atoms with E-state index in [1.165, 1.54) is 4.90 Å². The van der Waals surface area contributed by atoms with E-state index in [4.69, 9.17) is 0 Å². The quantitative estimate of drug-likeness (QED) is 0.557. The minimum Gasteiger partial charge on any atom is -0.286 e. The average Bonchev–Trinajstić information content (AvgIpc) is 2.58. The van der Waals surface area contributed by atoms with Crippen molar-refractivity contribution in [3.8, 4) is 11.8 Å². The van der Waals surface area contributed by atoms with Crippen molar-refractivity contribution in [2.75, 3.05) is 19.6 Å². The molecule has 0 aliphatic carbocycles. The number of carbonyl (C=O) groups is 2. The molecule has 1 heterocycles. The van der Waals surface area contributed by atoms with Crippen LogP contribution in [0.5, 0.6) is 0 Å². The van der Waals surface area contributed by atoms with Crippen molar-refractivity contribution in [1.29, 1.82) is 0 Å². The van der Waals surface area contributed by atoms with Crippen LogP contribution in [0.2, 0.25) is 0 Å². The molecule has 0 aromatic carbocycles. The predicted octanol–water partition coefficient (Wildman–Crippen LogP) is 1.26. The largest absolute Gasteiger partial charge is 0.286 e. The van der Waals surface area contributed by atoms with Gasteiger partial charge in [-0.15, -0.1) is 5.92 Å². The molecule has 100 valence electrons. The van der Waals surface area contributed by atoms with Gasteiger partial charge in [-0.3, -0.25) is 19.4 Å². The van der Waals surface area contributed by atoms with Gasteiger partial charge in [-0.25, -0.2) is 0 Å². The predicted molar refractivity (Wildman–Crippen MR) is 70.7 cm³/mol. The molecule has 0 spiro atoms. The Morgan fingerprint density at radius 3 is 2.22 bits per heavy atom. The van der Waals surface area contributed by atoms with Crippen molar-refractivity contribution in [1.82, 2.24) is 9.80 Å². The lowest BCUT2D eigenvalue weighted by Crippen LogP contribution is -2.46. The van der Waals surface area contributed by atoms with E-state index < -0.39 is 0 Å². The van der Waals surface area contributed by atoms with Gasteiger partial charge >= 0.3 is 0 Å². The van der Waals surface area contributed by atoms with Crippen LogP contribution < -0.4 is 0 Å². The van der Waals surface area contributed by atoms with Gasteiger partial charge in [0.2, 0.25) is 11.8 Å². The van der Waals surface area contributed by atoms with Gasteiger partial charge in [-0.1, -0.05) is 5.92 Å². The fraction of sp³-hybridized carbons (Fsp3) is 0.714. The smallest absolute Gasteiger partial charge is 0.229 e. The number of imide groups is 1. The Bertz CT molecular complexity index is 369. The number of hydrogen-bond donors (Lipinski definition) is 0. The van der Waals surface area contributed by atoms with E-state index in [0.717, 1.165) is 0 Å². The summed E-state index contributed by atoms with van der Waals surface area (Å²) in [5.41, 5.74) is -0.0182. The molecule has 18 heavy (non-hydrogen) atoms. The number of amides is 2. The number of likely N-dealkylation sites (tertiary alicyclic amines) is 1. The minimum atomic E-state index is -0.0459. The van der Waals surface area contributed by atoms with Crippen molar-refractivity contribution in [3.63, 3.8) is 0 Å². The Labute approximate surface area is 109 Å². The van der Waals surface area contributed by atoms with Gasteiger partial charge in [-0.05, 0) is 27.7 Å². The fourth-order valence-corrected chi connectivity index (χ4v) is 1.92. The van der Waals surface area contributed by atoms with Crippen LogP contribution in [-0.2, 0) is 9.59 Å². The van der Waals surface area contributed by atoms with Crippen molar-refractivity contribution < 1.29 is 9.59 Å². The second kappa shape index (κ2) is 6.01.